The lowest BCUT2D eigenvalue weighted by Gasteiger charge is -2.14. The van der Waals surface area contributed by atoms with Crippen LogP contribution in [0.5, 0.6) is 0 Å². The van der Waals surface area contributed by atoms with E-state index in [1.807, 2.05) is 49.4 Å². The maximum absolute atomic E-state index is 12.2. The fraction of sp³-hybridized carbons (Fsp3) is 0.429. The van der Waals surface area contributed by atoms with E-state index in [-0.39, 0.29) is 30.8 Å². The molecular weight excluding hydrogens is 312 g/mol. The van der Waals surface area contributed by atoms with Gasteiger partial charge in [-0.05, 0) is 29.7 Å². The fourth-order valence-corrected chi connectivity index (χ4v) is 2.96. The summed E-state index contributed by atoms with van der Waals surface area (Å²) in [4.78, 5) is 24.1. The minimum absolute atomic E-state index is 0.0295. The molecule has 0 aliphatic heterocycles. The van der Waals surface area contributed by atoms with Gasteiger partial charge < -0.3 is 10.6 Å². The van der Waals surface area contributed by atoms with Crippen LogP contribution in [0.2, 0.25) is 0 Å². The van der Waals surface area contributed by atoms with E-state index in [9.17, 15) is 9.59 Å². The van der Waals surface area contributed by atoms with Gasteiger partial charge in [-0.25, -0.2) is 0 Å². The summed E-state index contributed by atoms with van der Waals surface area (Å²) in [5, 5.41) is 7.85. The maximum atomic E-state index is 12.2. The van der Waals surface area contributed by atoms with Crippen LogP contribution in [0.4, 0.5) is 0 Å². The number of carbonyl (C=O) groups is 2. The normalized spacial score (nSPS) is 11.9. The van der Waals surface area contributed by atoms with E-state index in [4.69, 9.17) is 0 Å². The second-order valence-electron chi connectivity index (χ2n) is 6.56. The SMILES string of the molecule is CCCCCC(C)NC(=O)CNC(=O)Cc1cccc2ccccc12. The topological polar surface area (TPSA) is 58.2 Å². The molecule has 0 bridgehead atoms. The molecule has 0 aliphatic carbocycles. The van der Waals surface area contributed by atoms with Crippen molar-refractivity contribution >= 4 is 22.6 Å². The van der Waals surface area contributed by atoms with Crippen molar-refractivity contribution in [1.82, 2.24) is 10.6 Å². The third kappa shape index (κ3) is 6.22. The molecule has 25 heavy (non-hydrogen) atoms. The number of nitrogens with one attached hydrogen (secondary N) is 2. The lowest BCUT2D eigenvalue weighted by Crippen LogP contribution is -2.41. The number of hydrogen-bond donors (Lipinski definition) is 2. The highest BCUT2D eigenvalue weighted by molar-refractivity contribution is 5.91. The number of rotatable bonds is 9. The number of amides is 2. The molecule has 2 aromatic rings. The molecule has 0 saturated heterocycles. The van der Waals surface area contributed by atoms with Crippen molar-refractivity contribution in [2.24, 2.45) is 0 Å². The summed E-state index contributed by atoms with van der Waals surface area (Å²) in [6.45, 7) is 4.20. The second-order valence-corrected chi connectivity index (χ2v) is 6.56. The van der Waals surface area contributed by atoms with E-state index < -0.39 is 0 Å². The number of benzene rings is 2. The van der Waals surface area contributed by atoms with E-state index in [0.29, 0.717) is 0 Å². The summed E-state index contributed by atoms with van der Waals surface area (Å²) >= 11 is 0. The first-order valence-electron chi connectivity index (χ1n) is 9.13. The molecule has 4 nitrogen and oxygen atoms in total. The van der Waals surface area contributed by atoms with Crippen LogP contribution in [-0.2, 0) is 16.0 Å². The second kappa shape index (κ2) is 9.82. The Morgan fingerprint density at radius 3 is 2.56 bits per heavy atom. The molecule has 0 spiro atoms. The largest absolute Gasteiger partial charge is 0.352 e. The average Bonchev–Trinajstić information content (AvgIpc) is 2.60. The fourth-order valence-electron chi connectivity index (χ4n) is 2.96. The molecular formula is C21H28N2O2. The number of carbonyl (C=O) groups excluding carboxylic acids is 2. The first-order chi connectivity index (χ1) is 12.1. The Morgan fingerprint density at radius 1 is 1.00 bits per heavy atom. The lowest BCUT2D eigenvalue weighted by molar-refractivity contribution is -0.126. The van der Waals surface area contributed by atoms with Crippen LogP contribution in [0.15, 0.2) is 42.5 Å². The van der Waals surface area contributed by atoms with Crippen LogP contribution in [0.25, 0.3) is 10.8 Å². The number of fused-ring (bicyclic) bond motifs is 1. The van der Waals surface area contributed by atoms with Crippen molar-refractivity contribution in [3.63, 3.8) is 0 Å². The Morgan fingerprint density at radius 2 is 1.76 bits per heavy atom. The third-order valence-corrected chi connectivity index (χ3v) is 4.33. The van der Waals surface area contributed by atoms with Gasteiger partial charge >= 0.3 is 0 Å². The lowest BCUT2D eigenvalue weighted by atomic mass is 10.0. The predicted molar refractivity (Wildman–Crippen MR) is 102 cm³/mol. The molecule has 2 N–H and O–H groups in total. The van der Waals surface area contributed by atoms with Crippen molar-refractivity contribution in [3.05, 3.63) is 48.0 Å². The summed E-state index contributed by atoms with van der Waals surface area (Å²) in [6.07, 6.45) is 4.72. The maximum Gasteiger partial charge on any atom is 0.239 e. The molecule has 2 rings (SSSR count). The van der Waals surface area contributed by atoms with Gasteiger partial charge in [-0.1, -0.05) is 68.7 Å². The van der Waals surface area contributed by atoms with E-state index in [1.54, 1.807) is 0 Å². The quantitative estimate of drug-likeness (QED) is 0.686. The Bertz CT molecular complexity index is 707. The zero-order chi connectivity index (χ0) is 18.1. The van der Waals surface area contributed by atoms with E-state index in [0.717, 1.165) is 29.2 Å². The van der Waals surface area contributed by atoms with Gasteiger partial charge in [0.1, 0.15) is 0 Å². The molecule has 0 radical (unpaired) electrons. The van der Waals surface area contributed by atoms with Crippen molar-refractivity contribution in [1.29, 1.82) is 0 Å². The van der Waals surface area contributed by atoms with Gasteiger partial charge in [0.25, 0.3) is 0 Å². The Kier molecular flexibility index (Phi) is 7.45. The van der Waals surface area contributed by atoms with Gasteiger partial charge in [0, 0.05) is 6.04 Å². The summed E-state index contributed by atoms with van der Waals surface area (Å²) in [6, 6.07) is 14.1. The minimum atomic E-state index is -0.134. The Hall–Kier alpha value is -2.36. The standard InChI is InChI=1S/C21H28N2O2/c1-3-4-5-9-16(2)23-21(25)15-22-20(24)14-18-12-8-11-17-10-6-7-13-19(17)18/h6-8,10-13,16H,3-5,9,14-15H2,1-2H3,(H,22,24)(H,23,25). The highest BCUT2D eigenvalue weighted by atomic mass is 16.2. The highest BCUT2D eigenvalue weighted by Crippen LogP contribution is 2.18. The molecule has 0 fully saturated rings. The summed E-state index contributed by atoms with van der Waals surface area (Å²) in [7, 11) is 0. The first-order valence-corrected chi connectivity index (χ1v) is 9.13. The summed E-state index contributed by atoms with van der Waals surface area (Å²) in [5.74, 6) is -0.264. The van der Waals surface area contributed by atoms with Gasteiger partial charge in [0.2, 0.25) is 11.8 Å². The van der Waals surface area contributed by atoms with Gasteiger partial charge in [0.15, 0.2) is 0 Å². The molecule has 1 unspecified atom stereocenters. The molecule has 0 aliphatic rings. The highest BCUT2D eigenvalue weighted by Gasteiger charge is 2.10. The van der Waals surface area contributed by atoms with Crippen molar-refractivity contribution in [2.75, 3.05) is 6.54 Å². The molecule has 2 amide bonds. The van der Waals surface area contributed by atoms with Gasteiger partial charge in [-0.3, -0.25) is 9.59 Å². The van der Waals surface area contributed by atoms with Crippen LogP contribution in [0, 0.1) is 0 Å². The molecule has 1 atom stereocenters. The molecule has 0 aromatic heterocycles. The van der Waals surface area contributed by atoms with E-state index in [1.165, 1.54) is 12.8 Å². The number of unbranched alkanes of at least 4 members (excludes halogenated alkanes) is 2. The third-order valence-electron chi connectivity index (χ3n) is 4.33. The summed E-state index contributed by atoms with van der Waals surface area (Å²) < 4.78 is 0. The summed E-state index contributed by atoms with van der Waals surface area (Å²) in [5.41, 5.74) is 0.976. The minimum Gasteiger partial charge on any atom is -0.352 e. The van der Waals surface area contributed by atoms with Gasteiger partial charge in [0.05, 0.1) is 13.0 Å². The van der Waals surface area contributed by atoms with Gasteiger partial charge in [-0.2, -0.15) is 0 Å². The van der Waals surface area contributed by atoms with E-state index in [2.05, 4.69) is 17.6 Å². The van der Waals surface area contributed by atoms with Crippen LogP contribution in [0.1, 0.15) is 45.1 Å². The first kappa shape index (κ1) is 19.0. The Labute approximate surface area is 150 Å². The Balaban J connectivity index is 1.79. The zero-order valence-electron chi connectivity index (χ0n) is 15.2. The van der Waals surface area contributed by atoms with Crippen molar-refractivity contribution in [3.8, 4) is 0 Å². The van der Waals surface area contributed by atoms with Crippen LogP contribution in [0.3, 0.4) is 0 Å². The van der Waals surface area contributed by atoms with Crippen LogP contribution in [-0.4, -0.2) is 24.4 Å². The molecule has 134 valence electrons. The average molecular weight is 340 g/mol. The van der Waals surface area contributed by atoms with Crippen LogP contribution < -0.4 is 10.6 Å². The molecule has 0 heterocycles. The smallest absolute Gasteiger partial charge is 0.239 e. The van der Waals surface area contributed by atoms with E-state index >= 15 is 0 Å². The van der Waals surface area contributed by atoms with Crippen molar-refractivity contribution < 1.29 is 9.59 Å². The van der Waals surface area contributed by atoms with Gasteiger partial charge in [-0.15, -0.1) is 0 Å². The van der Waals surface area contributed by atoms with Crippen LogP contribution >= 0.6 is 0 Å². The number of hydrogen-bond acceptors (Lipinski definition) is 2. The molecule has 2 aromatic carbocycles. The molecule has 0 saturated carbocycles. The predicted octanol–water partition coefficient (Wildman–Crippen LogP) is 3.58. The monoisotopic (exact) mass is 340 g/mol. The zero-order valence-corrected chi connectivity index (χ0v) is 15.2. The molecule has 4 heteroatoms. The van der Waals surface area contributed by atoms with Crippen molar-refractivity contribution in [2.45, 2.75) is 52.0 Å².